The Labute approximate surface area is 134 Å². The van der Waals surface area contributed by atoms with Gasteiger partial charge in [-0.15, -0.1) is 0 Å². The van der Waals surface area contributed by atoms with Gasteiger partial charge in [-0.2, -0.15) is 4.98 Å². The molecule has 4 rings (SSSR count). The van der Waals surface area contributed by atoms with E-state index in [0.717, 1.165) is 22.4 Å². The molecule has 2 aromatic heterocycles. The van der Waals surface area contributed by atoms with Gasteiger partial charge in [0.2, 0.25) is 0 Å². The molecule has 0 unspecified atom stereocenters. The lowest BCUT2D eigenvalue weighted by molar-refractivity contribution is 0.00692. The van der Waals surface area contributed by atoms with E-state index in [1.807, 2.05) is 43.3 Å². The predicted octanol–water partition coefficient (Wildman–Crippen LogP) is 3.02. The first-order valence-electron chi connectivity index (χ1n) is 7.90. The number of nitrogens with zero attached hydrogens (tertiary/aromatic N) is 3. The van der Waals surface area contributed by atoms with Crippen LogP contribution in [0.3, 0.4) is 0 Å². The molecule has 1 fully saturated rings. The number of aromatic nitrogens is 2. The van der Waals surface area contributed by atoms with Gasteiger partial charge in [-0.05, 0) is 43.5 Å². The summed E-state index contributed by atoms with van der Waals surface area (Å²) >= 11 is 0. The Morgan fingerprint density at radius 3 is 2.61 bits per heavy atom. The lowest BCUT2D eigenvalue weighted by Gasteiger charge is -2.37. The number of pyridine rings is 1. The standard InChI is InChI=1S/C18H19N3O2/c1-13-6-7-16(19-12-13)18(22)8-10-21(11-9-18)17-20-14-4-2-3-5-15(14)23-17/h2-7,12,22H,8-11H2,1H3. The second-order valence-corrected chi connectivity index (χ2v) is 6.20. The molecule has 0 atom stereocenters. The number of rotatable bonds is 2. The van der Waals surface area contributed by atoms with Crippen molar-refractivity contribution in [1.82, 2.24) is 9.97 Å². The molecule has 0 saturated carbocycles. The number of para-hydroxylation sites is 2. The molecule has 118 valence electrons. The number of hydrogen-bond donors (Lipinski definition) is 1. The molecule has 0 amide bonds. The number of oxazole rings is 1. The molecule has 1 aliphatic heterocycles. The molecule has 1 aromatic carbocycles. The molecule has 5 heteroatoms. The summed E-state index contributed by atoms with van der Waals surface area (Å²) < 4.78 is 5.81. The van der Waals surface area contributed by atoms with Gasteiger partial charge < -0.3 is 14.4 Å². The van der Waals surface area contributed by atoms with Crippen LogP contribution in [0, 0.1) is 6.92 Å². The fraction of sp³-hybridized carbons (Fsp3) is 0.333. The normalized spacial score (nSPS) is 17.6. The van der Waals surface area contributed by atoms with E-state index >= 15 is 0 Å². The van der Waals surface area contributed by atoms with Crippen molar-refractivity contribution in [3.63, 3.8) is 0 Å². The third-order valence-electron chi connectivity index (χ3n) is 4.53. The maximum atomic E-state index is 10.9. The molecule has 1 saturated heterocycles. The smallest absolute Gasteiger partial charge is 0.298 e. The Hall–Kier alpha value is -2.40. The summed E-state index contributed by atoms with van der Waals surface area (Å²) in [4.78, 5) is 11.0. The van der Waals surface area contributed by atoms with E-state index in [1.54, 1.807) is 6.20 Å². The van der Waals surface area contributed by atoms with E-state index in [0.29, 0.717) is 31.9 Å². The summed E-state index contributed by atoms with van der Waals surface area (Å²) in [6, 6.07) is 12.3. The highest BCUT2D eigenvalue weighted by Gasteiger charge is 2.36. The molecule has 3 aromatic rings. The van der Waals surface area contributed by atoms with Gasteiger partial charge in [-0.3, -0.25) is 4.98 Å². The van der Waals surface area contributed by atoms with Crippen LogP contribution in [0.2, 0.25) is 0 Å². The first-order chi connectivity index (χ1) is 11.1. The van der Waals surface area contributed by atoms with Crippen molar-refractivity contribution in [3.05, 3.63) is 53.9 Å². The van der Waals surface area contributed by atoms with Crippen LogP contribution in [-0.4, -0.2) is 28.2 Å². The highest BCUT2D eigenvalue weighted by molar-refractivity contribution is 5.74. The zero-order valence-corrected chi connectivity index (χ0v) is 13.1. The number of aryl methyl sites for hydroxylation is 1. The number of hydrogen-bond acceptors (Lipinski definition) is 5. The first-order valence-corrected chi connectivity index (χ1v) is 7.90. The van der Waals surface area contributed by atoms with Gasteiger partial charge in [-0.1, -0.05) is 18.2 Å². The quantitative estimate of drug-likeness (QED) is 0.788. The summed E-state index contributed by atoms with van der Waals surface area (Å²) in [5.41, 5.74) is 2.64. The summed E-state index contributed by atoms with van der Waals surface area (Å²) in [5.74, 6) is 0. The number of fused-ring (bicyclic) bond motifs is 1. The minimum atomic E-state index is -0.865. The summed E-state index contributed by atoms with van der Waals surface area (Å²) in [7, 11) is 0. The number of anilines is 1. The Balaban J connectivity index is 1.53. The van der Waals surface area contributed by atoms with Gasteiger partial charge in [0.25, 0.3) is 6.01 Å². The van der Waals surface area contributed by atoms with Crippen molar-refractivity contribution in [3.8, 4) is 0 Å². The Morgan fingerprint density at radius 2 is 1.91 bits per heavy atom. The van der Waals surface area contributed by atoms with Gasteiger partial charge in [0.1, 0.15) is 11.1 Å². The van der Waals surface area contributed by atoms with Gasteiger partial charge in [0.05, 0.1) is 5.69 Å². The predicted molar refractivity (Wildman–Crippen MR) is 88.3 cm³/mol. The summed E-state index contributed by atoms with van der Waals surface area (Å²) in [6.45, 7) is 3.38. The molecule has 23 heavy (non-hydrogen) atoms. The highest BCUT2D eigenvalue weighted by atomic mass is 16.4. The van der Waals surface area contributed by atoms with E-state index in [1.165, 1.54) is 0 Å². The summed E-state index contributed by atoms with van der Waals surface area (Å²) in [6.07, 6.45) is 3.03. The SMILES string of the molecule is Cc1ccc(C2(O)CCN(c3nc4ccccc4o3)CC2)nc1. The zero-order chi connectivity index (χ0) is 15.9. The number of aliphatic hydroxyl groups is 1. The number of benzene rings is 1. The molecule has 1 aliphatic rings. The molecule has 0 aliphatic carbocycles. The molecule has 0 bridgehead atoms. The van der Waals surface area contributed by atoms with Crippen LogP contribution in [-0.2, 0) is 5.60 Å². The van der Waals surface area contributed by atoms with E-state index in [2.05, 4.69) is 14.9 Å². The maximum absolute atomic E-state index is 10.9. The van der Waals surface area contributed by atoms with Crippen LogP contribution >= 0.6 is 0 Å². The van der Waals surface area contributed by atoms with Crippen LogP contribution in [0.5, 0.6) is 0 Å². The van der Waals surface area contributed by atoms with E-state index in [-0.39, 0.29) is 0 Å². The third-order valence-corrected chi connectivity index (χ3v) is 4.53. The second-order valence-electron chi connectivity index (χ2n) is 6.20. The minimum absolute atomic E-state index is 0.613. The summed E-state index contributed by atoms with van der Waals surface area (Å²) in [5, 5.41) is 10.9. The van der Waals surface area contributed by atoms with E-state index in [4.69, 9.17) is 4.42 Å². The molecular weight excluding hydrogens is 290 g/mol. The topological polar surface area (TPSA) is 62.4 Å². The van der Waals surface area contributed by atoms with Gasteiger partial charge >= 0.3 is 0 Å². The van der Waals surface area contributed by atoms with Crippen molar-refractivity contribution in [2.75, 3.05) is 18.0 Å². The van der Waals surface area contributed by atoms with Crippen LogP contribution in [0.4, 0.5) is 6.01 Å². The fourth-order valence-corrected chi connectivity index (χ4v) is 3.06. The molecule has 0 spiro atoms. The fourth-order valence-electron chi connectivity index (χ4n) is 3.06. The minimum Gasteiger partial charge on any atom is -0.423 e. The van der Waals surface area contributed by atoms with Gasteiger partial charge in [0.15, 0.2) is 5.58 Å². The largest absolute Gasteiger partial charge is 0.423 e. The second kappa shape index (κ2) is 5.35. The lowest BCUT2D eigenvalue weighted by Crippen LogP contribution is -2.43. The average molecular weight is 309 g/mol. The van der Waals surface area contributed by atoms with Crippen molar-refractivity contribution in [1.29, 1.82) is 0 Å². The average Bonchev–Trinajstić information content (AvgIpc) is 3.00. The molecule has 0 radical (unpaired) electrons. The van der Waals surface area contributed by atoms with Crippen LogP contribution in [0.1, 0.15) is 24.1 Å². The maximum Gasteiger partial charge on any atom is 0.298 e. The molecule has 5 nitrogen and oxygen atoms in total. The Bertz CT molecular complexity index is 785. The Morgan fingerprint density at radius 1 is 1.13 bits per heavy atom. The zero-order valence-electron chi connectivity index (χ0n) is 13.1. The van der Waals surface area contributed by atoms with Crippen molar-refractivity contribution >= 4 is 17.1 Å². The highest BCUT2D eigenvalue weighted by Crippen LogP contribution is 2.34. The Kier molecular flexibility index (Phi) is 3.31. The molecule has 1 N–H and O–H groups in total. The number of piperidine rings is 1. The lowest BCUT2D eigenvalue weighted by atomic mass is 9.88. The van der Waals surface area contributed by atoms with E-state index < -0.39 is 5.60 Å². The molecule has 3 heterocycles. The van der Waals surface area contributed by atoms with Crippen molar-refractivity contribution in [2.45, 2.75) is 25.4 Å². The first kappa shape index (κ1) is 14.2. The van der Waals surface area contributed by atoms with Crippen molar-refractivity contribution < 1.29 is 9.52 Å². The van der Waals surface area contributed by atoms with Crippen LogP contribution in [0.15, 0.2) is 47.0 Å². The molecular formula is C18H19N3O2. The van der Waals surface area contributed by atoms with E-state index in [9.17, 15) is 5.11 Å². The third kappa shape index (κ3) is 2.57. The monoisotopic (exact) mass is 309 g/mol. The van der Waals surface area contributed by atoms with Gasteiger partial charge in [-0.25, -0.2) is 0 Å². The van der Waals surface area contributed by atoms with Crippen molar-refractivity contribution in [2.24, 2.45) is 0 Å². The van der Waals surface area contributed by atoms with Crippen LogP contribution < -0.4 is 4.90 Å². The van der Waals surface area contributed by atoms with Gasteiger partial charge in [0, 0.05) is 19.3 Å². The van der Waals surface area contributed by atoms with Crippen LogP contribution in [0.25, 0.3) is 11.1 Å².